The van der Waals surface area contributed by atoms with Crippen molar-refractivity contribution in [3.05, 3.63) is 88.5 Å². The van der Waals surface area contributed by atoms with Gasteiger partial charge in [-0.1, -0.05) is 52.8 Å². The maximum Gasteiger partial charge on any atom is 0.274 e. The molecule has 2 aromatic heterocycles. The van der Waals surface area contributed by atoms with Crippen molar-refractivity contribution >= 4 is 29.3 Å². The number of carbonyl (C=O) groups excluding carboxylic acids is 1. The standard InChI is InChI=1S/C23H21ClN6O2S/c1-15-8-9-17(12-18(15)24)30-19(14-33-23-25-10-5-11-26-23)21(28-29-30)22(31)27-13-16-6-3-4-7-20(16)32-2/h3-12H,13-14H2,1-2H3,(H,27,31). The molecule has 0 radical (unpaired) electrons. The van der Waals surface area contributed by atoms with E-state index in [9.17, 15) is 4.79 Å². The number of halogens is 1. The first-order chi connectivity index (χ1) is 16.1. The number of aryl methyl sites for hydroxylation is 1. The van der Waals surface area contributed by atoms with Gasteiger partial charge >= 0.3 is 0 Å². The first-order valence-electron chi connectivity index (χ1n) is 10.1. The summed E-state index contributed by atoms with van der Waals surface area (Å²) in [4.78, 5) is 21.6. The van der Waals surface area contributed by atoms with Crippen molar-refractivity contribution in [2.24, 2.45) is 0 Å². The number of carbonyl (C=O) groups is 1. The van der Waals surface area contributed by atoms with Crippen molar-refractivity contribution in [3.63, 3.8) is 0 Å². The number of aromatic nitrogens is 5. The summed E-state index contributed by atoms with van der Waals surface area (Å²) in [7, 11) is 1.60. The zero-order chi connectivity index (χ0) is 23.2. The van der Waals surface area contributed by atoms with Crippen LogP contribution in [0.15, 0.2) is 66.1 Å². The van der Waals surface area contributed by atoms with E-state index in [1.807, 2.05) is 43.3 Å². The van der Waals surface area contributed by atoms with Crippen LogP contribution in [0.2, 0.25) is 5.02 Å². The van der Waals surface area contributed by atoms with Gasteiger partial charge < -0.3 is 10.1 Å². The topological polar surface area (TPSA) is 94.8 Å². The fraction of sp³-hybridized carbons (Fsp3) is 0.174. The summed E-state index contributed by atoms with van der Waals surface area (Å²) in [5.41, 5.74) is 3.37. The number of rotatable bonds is 8. The summed E-state index contributed by atoms with van der Waals surface area (Å²) in [5, 5.41) is 12.5. The molecule has 33 heavy (non-hydrogen) atoms. The molecule has 8 nitrogen and oxygen atoms in total. The van der Waals surface area contributed by atoms with Crippen LogP contribution in [0.4, 0.5) is 0 Å². The highest BCUT2D eigenvalue weighted by molar-refractivity contribution is 7.98. The van der Waals surface area contributed by atoms with Gasteiger partial charge in [0.2, 0.25) is 0 Å². The van der Waals surface area contributed by atoms with Crippen molar-refractivity contribution in [1.82, 2.24) is 30.3 Å². The van der Waals surface area contributed by atoms with Gasteiger partial charge in [-0.3, -0.25) is 4.79 Å². The molecule has 10 heteroatoms. The Morgan fingerprint density at radius 2 is 1.94 bits per heavy atom. The Bertz CT molecular complexity index is 1270. The number of hydrogen-bond acceptors (Lipinski definition) is 7. The number of nitrogens with zero attached hydrogens (tertiary/aromatic N) is 5. The maximum absolute atomic E-state index is 13.1. The summed E-state index contributed by atoms with van der Waals surface area (Å²) < 4.78 is 6.99. The van der Waals surface area contributed by atoms with Crippen molar-refractivity contribution in [2.45, 2.75) is 24.4 Å². The quantitative estimate of drug-likeness (QED) is 0.297. The van der Waals surface area contributed by atoms with Crippen molar-refractivity contribution < 1.29 is 9.53 Å². The molecule has 0 unspecified atom stereocenters. The molecule has 4 rings (SSSR count). The lowest BCUT2D eigenvalue weighted by Gasteiger charge is -2.11. The van der Waals surface area contributed by atoms with Crippen LogP contribution < -0.4 is 10.1 Å². The van der Waals surface area contributed by atoms with Gasteiger partial charge in [-0.05, 0) is 36.8 Å². The summed E-state index contributed by atoms with van der Waals surface area (Å²) in [6, 6.07) is 14.9. The minimum atomic E-state index is -0.338. The molecule has 0 atom stereocenters. The number of thioether (sulfide) groups is 1. The van der Waals surface area contributed by atoms with Crippen LogP contribution in [0.1, 0.15) is 27.3 Å². The number of ether oxygens (including phenoxy) is 1. The first kappa shape index (κ1) is 22.8. The Kier molecular flexibility index (Phi) is 7.21. The fourth-order valence-corrected chi connectivity index (χ4v) is 4.10. The van der Waals surface area contributed by atoms with E-state index in [0.29, 0.717) is 39.6 Å². The average molecular weight is 481 g/mol. The van der Waals surface area contributed by atoms with Crippen LogP contribution in [0, 0.1) is 6.92 Å². The lowest BCUT2D eigenvalue weighted by Crippen LogP contribution is -2.24. The van der Waals surface area contributed by atoms with Gasteiger partial charge in [0.25, 0.3) is 5.91 Å². The highest BCUT2D eigenvalue weighted by Crippen LogP contribution is 2.25. The van der Waals surface area contributed by atoms with E-state index in [0.717, 1.165) is 11.1 Å². The Morgan fingerprint density at radius 3 is 2.70 bits per heavy atom. The summed E-state index contributed by atoms with van der Waals surface area (Å²) in [6.07, 6.45) is 3.34. The molecule has 0 aliphatic heterocycles. The Morgan fingerprint density at radius 1 is 1.15 bits per heavy atom. The molecule has 2 aromatic carbocycles. The van der Waals surface area contributed by atoms with E-state index < -0.39 is 0 Å². The lowest BCUT2D eigenvalue weighted by atomic mass is 10.2. The smallest absolute Gasteiger partial charge is 0.274 e. The minimum absolute atomic E-state index is 0.227. The number of hydrogen-bond donors (Lipinski definition) is 1. The normalized spacial score (nSPS) is 10.8. The summed E-state index contributed by atoms with van der Waals surface area (Å²) >= 11 is 7.72. The van der Waals surface area contributed by atoms with E-state index >= 15 is 0 Å². The predicted molar refractivity (Wildman–Crippen MR) is 127 cm³/mol. The molecular formula is C23H21ClN6O2S. The second kappa shape index (κ2) is 10.5. The Hall–Kier alpha value is -3.43. The number of methoxy groups -OCH3 is 1. The van der Waals surface area contributed by atoms with Gasteiger partial charge in [-0.15, -0.1) is 5.10 Å². The molecule has 168 valence electrons. The number of nitrogens with one attached hydrogen (secondary N) is 1. The fourth-order valence-electron chi connectivity index (χ4n) is 3.13. The third kappa shape index (κ3) is 5.32. The molecule has 0 bridgehead atoms. The summed E-state index contributed by atoms with van der Waals surface area (Å²) in [5.74, 6) is 0.752. The molecule has 4 aromatic rings. The average Bonchev–Trinajstić information content (AvgIpc) is 3.27. The molecule has 0 aliphatic rings. The molecule has 0 fully saturated rings. The van der Waals surface area contributed by atoms with Crippen LogP contribution in [-0.4, -0.2) is 38.0 Å². The number of para-hydroxylation sites is 1. The molecule has 0 aliphatic carbocycles. The Labute approximate surface area is 200 Å². The molecule has 2 heterocycles. The van der Waals surface area contributed by atoms with Gasteiger partial charge in [-0.25, -0.2) is 14.6 Å². The maximum atomic E-state index is 13.1. The highest BCUT2D eigenvalue weighted by atomic mass is 35.5. The molecule has 0 spiro atoms. The van der Waals surface area contributed by atoms with E-state index in [-0.39, 0.29) is 11.6 Å². The molecular weight excluding hydrogens is 460 g/mol. The van der Waals surface area contributed by atoms with Gasteiger partial charge in [0.15, 0.2) is 10.9 Å². The van der Waals surface area contributed by atoms with Crippen LogP contribution in [0.25, 0.3) is 5.69 Å². The van der Waals surface area contributed by atoms with Crippen molar-refractivity contribution in [1.29, 1.82) is 0 Å². The van der Waals surface area contributed by atoms with Gasteiger partial charge in [0, 0.05) is 35.3 Å². The monoisotopic (exact) mass is 480 g/mol. The lowest BCUT2D eigenvalue weighted by molar-refractivity contribution is 0.0945. The number of amides is 1. The van der Waals surface area contributed by atoms with Gasteiger partial charge in [-0.2, -0.15) is 0 Å². The van der Waals surface area contributed by atoms with Crippen LogP contribution in [0.3, 0.4) is 0 Å². The van der Waals surface area contributed by atoms with Crippen LogP contribution >= 0.6 is 23.4 Å². The van der Waals surface area contributed by atoms with Crippen LogP contribution in [0.5, 0.6) is 5.75 Å². The third-order valence-corrected chi connectivity index (χ3v) is 6.18. The number of benzene rings is 2. The van der Waals surface area contributed by atoms with E-state index in [4.69, 9.17) is 16.3 Å². The second-order valence-corrected chi connectivity index (χ2v) is 8.39. The second-order valence-electron chi connectivity index (χ2n) is 7.04. The molecule has 1 amide bonds. The minimum Gasteiger partial charge on any atom is -0.496 e. The SMILES string of the molecule is COc1ccccc1CNC(=O)c1nnn(-c2ccc(C)c(Cl)c2)c1CSc1ncccn1. The predicted octanol–water partition coefficient (Wildman–Crippen LogP) is 4.25. The zero-order valence-electron chi connectivity index (χ0n) is 18.0. The molecule has 0 saturated carbocycles. The molecule has 0 saturated heterocycles. The van der Waals surface area contributed by atoms with Gasteiger partial charge in [0.1, 0.15) is 5.75 Å². The third-order valence-electron chi connectivity index (χ3n) is 4.89. The largest absolute Gasteiger partial charge is 0.496 e. The Balaban J connectivity index is 1.62. The van der Waals surface area contributed by atoms with E-state index in [1.54, 1.807) is 36.3 Å². The first-order valence-corrected chi connectivity index (χ1v) is 11.4. The molecule has 1 N–H and O–H groups in total. The van der Waals surface area contributed by atoms with E-state index in [1.165, 1.54) is 11.8 Å². The van der Waals surface area contributed by atoms with Crippen LogP contribution in [-0.2, 0) is 12.3 Å². The highest BCUT2D eigenvalue weighted by Gasteiger charge is 2.22. The summed E-state index contributed by atoms with van der Waals surface area (Å²) in [6.45, 7) is 2.22. The van der Waals surface area contributed by atoms with Gasteiger partial charge in [0.05, 0.1) is 18.5 Å². The van der Waals surface area contributed by atoms with Crippen molar-refractivity contribution in [3.8, 4) is 11.4 Å². The van der Waals surface area contributed by atoms with Crippen molar-refractivity contribution in [2.75, 3.05) is 7.11 Å². The zero-order valence-corrected chi connectivity index (χ0v) is 19.6. The van der Waals surface area contributed by atoms with E-state index in [2.05, 4.69) is 25.6 Å².